The van der Waals surface area contributed by atoms with Gasteiger partial charge in [-0.15, -0.1) is 11.3 Å². The molecule has 2 aromatic rings. The van der Waals surface area contributed by atoms with Crippen LogP contribution in [0.15, 0.2) is 30.5 Å². The molecule has 1 aliphatic heterocycles. The SMILES string of the molecule is CCCCN1C(=O)CCC(C(=O)Nc2ncc(C)s2)C1c1ccc(OC)cc1. The molecule has 1 N–H and O–H groups in total. The number of aryl methyl sites for hydroxylation is 1. The second-order valence-electron chi connectivity index (χ2n) is 7.07. The molecule has 0 aliphatic carbocycles. The number of nitrogens with one attached hydrogen (secondary N) is 1. The van der Waals surface area contributed by atoms with Crippen LogP contribution >= 0.6 is 11.3 Å². The van der Waals surface area contributed by atoms with Gasteiger partial charge in [0.1, 0.15) is 5.75 Å². The second kappa shape index (κ2) is 9.19. The Bertz CT molecular complexity index is 819. The highest BCUT2D eigenvalue weighted by molar-refractivity contribution is 7.15. The molecule has 2 amide bonds. The van der Waals surface area contributed by atoms with Crippen molar-refractivity contribution >= 4 is 28.3 Å². The van der Waals surface area contributed by atoms with Crippen molar-refractivity contribution in [3.8, 4) is 5.75 Å². The van der Waals surface area contributed by atoms with Gasteiger partial charge in [0.25, 0.3) is 0 Å². The van der Waals surface area contributed by atoms with Crippen molar-refractivity contribution in [3.05, 3.63) is 40.9 Å². The highest BCUT2D eigenvalue weighted by Crippen LogP contribution is 2.38. The first-order chi connectivity index (χ1) is 13.5. The van der Waals surface area contributed by atoms with Crippen molar-refractivity contribution in [1.29, 1.82) is 0 Å². The van der Waals surface area contributed by atoms with Crippen molar-refractivity contribution in [2.24, 2.45) is 5.92 Å². The number of aromatic nitrogens is 1. The van der Waals surface area contributed by atoms with E-state index in [2.05, 4.69) is 17.2 Å². The Morgan fingerprint density at radius 1 is 1.36 bits per heavy atom. The Morgan fingerprint density at radius 3 is 2.71 bits per heavy atom. The summed E-state index contributed by atoms with van der Waals surface area (Å²) in [4.78, 5) is 33.0. The summed E-state index contributed by atoms with van der Waals surface area (Å²) in [5, 5.41) is 3.56. The topological polar surface area (TPSA) is 71.5 Å². The fraction of sp³-hybridized carbons (Fsp3) is 0.476. The number of likely N-dealkylation sites (tertiary alicyclic amines) is 1. The third-order valence-corrected chi connectivity index (χ3v) is 5.93. The molecule has 1 aromatic carbocycles. The van der Waals surface area contributed by atoms with Crippen molar-refractivity contribution in [2.45, 2.75) is 45.6 Å². The van der Waals surface area contributed by atoms with E-state index >= 15 is 0 Å². The number of methoxy groups -OCH3 is 1. The summed E-state index contributed by atoms with van der Waals surface area (Å²) >= 11 is 1.46. The van der Waals surface area contributed by atoms with E-state index in [9.17, 15) is 9.59 Å². The van der Waals surface area contributed by atoms with E-state index in [1.165, 1.54) is 11.3 Å². The van der Waals surface area contributed by atoms with Crippen LogP contribution in [0.1, 0.15) is 49.1 Å². The number of unbranched alkanes of at least 4 members (excludes halogenated alkanes) is 1. The number of piperidine rings is 1. The first kappa shape index (κ1) is 20.3. The minimum atomic E-state index is -0.313. The number of hydrogen-bond donors (Lipinski definition) is 1. The van der Waals surface area contributed by atoms with E-state index in [0.29, 0.717) is 24.5 Å². The smallest absolute Gasteiger partial charge is 0.231 e. The largest absolute Gasteiger partial charge is 0.497 e. The average molecular weight is 402 g/mol. The highest BCUT2D eigenvalue weighted by Gasteiger charge is 2.40. The van der Waals surface area contributed by atoms with Crippen molar-refractivity contribution in [3.63, 3.8) is 0 Å². The second-order valence-corrected chi connectivity index (χ2v) is 8.30. The predicted molar refractivity (Wildman–Crippen MR) is 111 cm³/mol. The normalized spacial score (nSPS) is 19.5. The van der Waals surface area contributed by atoms with Crippen LogP contribution in [-0.2, 0) is 9.59 Å². The van der Waals surface area contributed by atoms with E-state index < -0.39 is 0 Å². The van der Waals surface area contributed by atoms with Gasteiger partial charge in [0.05, 0.1) is 19.1 Å². The van der Waals surface area contributed by atoms with Gasteiger partial charge < -0.3 is 15.0 Å². The molecule has 1 aromatic heterocycles. The number of carbonyl (C=O) groups is 2. The summed E-state index contributed by atoms with van der Waals surface area (Å²) in [5.74, 6) is 0.477. The van der Waals surface area contributed by atoms with Gasteiger partial charge in [-0.1, -0.05) is 25.5 Å². The van der Waals surface area contributed by atoms with Gasteiger partial charge in [0.2, 0.25) is 11.8 Å². The highest BCUT2D eigenvalue weighted by atomic mass is 32.1. The van der Waals surface area contributed by atoms with Crippen LogP contribution in [0.25, 0.3) is 0 Å². The molecule has 2 unspecified atom stereocenters. The van der Waals surface area contributed by atoms with Crippen molar-refractivity contribution in [2.75, 3.05) is 19.0 Å². The van der Waals surface area contributed by atoms with Crippen LogP contribution in [0.4, 0.5) is 5.13 Å². The van der Waals surface area contributed by atoms with Gasteiger partial charge in [-0.3, -0.25) is 9.59 Å². The lowest BCUT2D eigenvalue weighted by Gasteiger charge is -2.41. The fourth-order valence-electron chi connectivity index (χ4n) is 3.64. The number of hydrogen-bond acceptors (Lipinski definition) is 5. The van der Waals surface area contributed by atoms with E-state index in [0.717, 1.165) is 29.0 Å². The minimum absolute atomic E-state index is 0.0795. The number of nitrogens with zero attached hydrogens (tertiary/aromatic N) is 2. The molecule has 1 fully saturated rings. The third kappa shape index (κ3) is 4.52. The molecule has 0 saturated carbocycles. The number of carbonyl (C=O) groups excluding carboxylic acids is 2. The molecular weight excluding hydrogens is 374 g/mol. The molecule has 1 saturated heterocycles. The van der Waals surface area contributed by atoms with Crippen LogP contribution in [0.5, 0.6) is 5.75 Å². The molecule has 0 bridgehead atoms. The van der Waals surface area contributed by atoms with E-state index in [-0.39, 0.29) is 23.8 Å². The van der Waals surface area contributed by atoms with E-state index in [1.807, 2.05) is 36.1 Å². The molecule has 2 heterocycles. The van der Waals surface area contributed by atoms with Gasteiger partial charge in [-0.05, 0) is 37.5 Å². The molecule has 2 atom stereocenters. The fourth-order valence-corrected chi connectivity index (χ4v) is 4.31. The van der Waals surface area contributed by atoms with Gasteiger partial charge >= 0.3 is 0 Å². The zero-order valence-electron chi connectivity index (χ0n) is 16.6. The molecule has 0 radical (unpaired) electrons. The number of rotatable bonds is 7. The Balaban J connectivity index is 1.90. The molecule has 6 nitrogen and oxygen atoms in total. The Morgan fingerprint density at radius 2 is 2.11 bits per heavy atom. The quantitative estimate of drug-likeness (QED) is 0.755. The first-order valence-electron chi connectivity index (χ1n) is 9.70. The molecular formula is C21H27N3O3S. The summed E-state index contributed by atoms with van der Waals surface area (Å²) in [6.45, 7) is 4.72. The maximum Gasteiger partial charge on any atom is 0.231 e. The van der Waals surface area contributed by atoms with E-state index in [1.54, 1.807) is 13.3 Å². The number of thiazole rings is 1. The number of anilines is 1. The maximum absolute atomic E-state index is 13.1. The Labute approximate surface area is 169 Å². The van der Waals surface area contributed by atoms with Crippen LogP contribution < -0.4 is 10.1 Å². The summed E-state index contributed by atoms with van der Waals surface area (Å²) in [7, 11) is 1.62. The molecule has 0 spiro atoms. The molecule has 7 heteroatoms. The molecule has 28 heavy (non-hydrogen) atoms. The van der Waals surface area contributed by atoms with Gasteiger partial charge in [0, 0.05) is 24.0 Å². The molecule has 1 aliphatic rings. The van der Waals surface area contributed by atoms with Crippen LogP contribution in [0, 0.1) is 12.8 Å². The lowest BCUT2D eigenvalue weighted by molar-refractivity contribution is -0.142. The first-order valence-corrected chi connectivity index (χ1v) is 10.5. The summed E-state index contributed by atoms with van der Waals surface area (Å²) in [6.07, 6.45) is 4.59. The third-order valence-electron chi connectivity index (χ3n) is 5.10. The predicted octanol–water partition coefficient (Wildman–Crippen LogP) is 4.18. The summed E-state index contributed by atoms with van der Waals surface area (Å²) < 4.78 is 5.26. The molecule has 150 valence electrons. The average Bonchev–Trinajstić information content (AvgIpc) is 3.11. The van der Waals surface area contributed by atoms with Crippen LogP contribution in [0.2, 0.25) is 0 Å². The maximum atomic E-state index is 13.1. The summed E-state index contributed by atoms with van der Waals surface area (Å²) in [5.41, 5.74) is 0.959. The zero-order valence-corrected chi connectivity index (χ0v) is 17.4. The standard InChI is InChI=1S/C21H27N3O3S/c1-4-5-12-24-18(25)11-10-17(20(26)23-21-22-13-14(2)28-21)19(24)15-6-8-16(27-3)9-7-15/h6-9,13,17,19H,4-5,10-12H2,1-3H3,(H,22,23,26). The van der Waals surface area contributed by atoms with Crippen molar-refractivity contribution < 1.29 is 14.3 Å². The zero-order chi connectivity index (χ0) is 20.1. The number of benzene rings is 1. The lowest BCUT2D eigenvalue weighted by Crippen LogP contribution is -2.47. The minimum Gasteiger partial charge on any atom is -0.497 e. The van der Waals surface area contributed by atoms with Crippen LogP contribution in [0.3, 0.4) is 0 Å². The van der Waals surface area contributed by atoms with Gasteiger partial charge in [0.15, 0.2) is 5.13 Å². The van der Waals surface area contributed by atoms with E-state index in [4.69, 9.17) is 4.74 Å². The van der Waals surface area contributed by atoms with Gasteiger partial charge in [-0.25, -0.2) is 4.98 Å². The van der Waals surface area contributed by atoms with Crippen LogP contribution in [-0.4, -0.2) is 35.4 Å². The Kier molecular flexibility index (Phi) is 6.67. The lowest BCUT2D eigenvalue weighted by atomic mass is 9.83. The number of amides is 2. The summed E-state index contributed by atoms with van der Waals surface area (Å²) in [6, 6.07) is 7.39. The number of ether oxygens (including phenoxy) is 1. The Hall–Kier alpha value is -2.41. The van der Waals surface area contributed by atoms with Gasteiger partial charge in [-0.2, -0.15) is 0 Å². The van der Waals surface area contributed by atoms with Crippen molar-refractivity contribution in [1.82, 2.24) is 9.88 Å². The monoisotopic (exact) mass is 401 g/mol. The molecule has 3 rings (SSSR count).